The van der Waals surface area contributed by atoms with E-state index in [1.54, 1.807) is 67.8 Å². The minimum absolute atomic E-state index is 0.00785. The minimum Gasteiger partial charge on any atom is -0.507 e. The summed E-state index contributed by atoms with van der Waals surface area (Å²) in [6.07, 6.45) is 0.863. The molecule has 3 aromatic rings. The zero-order chi connectivity index (χ0) is 25.1. The lowest BCUT2D eigenvalue weighted by atomic mass is 9.94. The van der Waals surface area contributed by atoms with Gasteiger partial charge in [-0.25, -0.2) is 0 Å². The second-order valence-corrected chi connectivity index (χ2v) is 8.65. The quantitative estimate of drug-likeness (QED) is 0.273. The molecule has 1 fully saturated rings. The molecule has 0 saturated carbocycles. The molecule has 0 aromatic heterocycles. The highest BCUT2D eigenvalue weighted by atomic mass is 16.5. The molecule has 1 heterocycles. The van der Waals surface area contributed by atoms with Crippen molar-refractivity contribution in [1.82, 2.24) is 0 Å². The van der Waals surface area contributed by atoms with Crippen LogP contribution in [0.1, 0.15) is 43.5 Å². The average Bonchev–Trinajstić information content (AvgIpc) is 3.14. The maximum atomic E-state index is 13.3. The van der Waals surface area contributed by atoms with Crippen molar-refractivity contribution in [3.05, 3.63) is 95.1 Å². The third-order valence-corrected chi connectivity index (χ3v) is 6.00. The number of aliphatic hydroxyl groups is 1. The monoisotopic (exact) mass is 471 g/mol. The topological polar surface area (TPSA) is 76.1 Å². The van der Waals surface area contributed by atoms with Gasteiger partial charge < -0.3 is 14.6 Å². The summed E-state index contributed by atoms with van der Waals surface area (Å²) >= 11 is 0. The van der Waals surface area contributed by atoms with Crippen molar-refractivity contribution >= 4 is 23.1 Å². The van der Waals surface area contributed by atoms with E-state index in [1.165, 1.54) is 4.90 Å². The number of aryl methyl sites for hydroxylation is 1. The van der Waals surface area contributed by atoms with Crippen LogP contribution in [-0.2, 0) is 16.0 Å². The van der Waals surface area contributed by atoms with Gasteiger partial charge in [0.1, 0.15) is 17.3 Å². The molecule has 4 rings (SSSR count). The predicted octanol–water partition coefficient (Wildman–Crippen LogP) is 5.67. The van der Waals surface area contributed by atoms with Crippen molar-refractivity contribution in [2.24, 2.45) is 0 Å². The summed E-state index contributed by atoms with van der Waals surface area (Å²) in [7, 11) is 1.57. The summed E-state index contributed by atoms with van der Waals surface area (Å²) in [5.41, 5.74) is 2.85. The normalized spacial score (nSPS) is 17.2. The second kappa shape index (κ2) is 10.1. The third kappa shape index (κ3) is 4.78. The van der Waals surface area contributed by atoms with Crippen LogP contribution in [-0.4, -0.2) is 30.0 Å². The Labute approximate surface area is 205 Å². The third-order valence-electron chi connectivity index (χ3n) is 6.00. The van der Waals surface area contributed by atoms with Crippen molar-refractivity contribution in [3.8, 4) is 11.5 Å². The molecule has 180 valence electrons. The van der Waals surface area contributed by atoms with E-state index >= 15 is 0 Å². The van der Waals surface area contributed by atoms with Crippen molar-refractivity contribution in [2.75, 3.05) is 12.0 Å². The fourth-order valence-electron chi connectivity index (χ4n) is 4.21. The first-order valence-electron chi connectivity index (χ1n) is 11.6. The number of ether oxygens (including phenoxy) is 2. The van der Waals surface area contributed by atoms with Gasteiger partial charge in [0.25, 0.3) is 11.7 Å². The molecule has 1 atom stereocenters. The van der Waals surface area contributed by atoms with Gasteiger partial charge in [0.05, 0.1) is 24.8 Å². The first-order valence-corrected chi connectivity index (χ1v) is 11.6. The Kier molecular flexibility index (Phi) is 6.92. The van der Waals surface area contributed by atoms with Crippen LogP contribution in [0.4, 0.5) is 5.69 Å². The number of anilines is 1. The van der Waals surface area contributed by atoms with E-state index in [0.717, 1.165) is 12.0 Å². The number of amides is 1. The summed E-state index contributed by atoms with van der Waals surface area (Å²) < 4.78 is 11.0. The van der Waals surface area contributed by atoms with E-state index in [9.17, 15) is 14.7 Å². The van der Waals surface area contributed by atoms with Crippen LogP contribution in [0.5, 0.6) is 11.5 Å². The number of benzene rings is 3. The maximum Gasteiger partial charge on any atom is 0.300 e. The highest BCUT2D eigenvalue weighted by Gasteiger charge is 2.47. The zero-order valence-corrected chi connectivity index (χ0v) is 20.3. The smallest absolute Gasteiger partial charge is 0.300 e. The number of rotatable bonds is 7. The van der Waals surface area contributed by atoms with Crippen LogP contribution in [0.3, 0.4) is 0 Å². The van der Waals surface area contributed by atoms with E-state index in [4.69, 9.17) is 9.47 Å². The van der Waals surface area contributed by atoms with Gasteiger partial charge in [-0.05, 0) is 67.8 Å². The number of hydrogen-bond acceptors (Lipinski definition) is 5. The van der Waals surface area contributed by atoms with Crippen LogP contribution >= 0.6 is 0 Å². The van der Waals surface area contributed by atoms with Gasteiger partial charge in [-0.15, -0.1) is 0 Å². The molecule has 0 spiro atoms. The summed E-state index contributed by atoms with van der Waals surface area (Å²) in [6, 6.07) is 20.7. The molecule has 6 nitrogen and oxygen atoms in total. The van der Waals surface area contributed by atoms with Crippen LogP contribution in [0.2, 0.25) is 0 Å². The number of carbonyl (C=O) groups is 2. The lowest BCUT2D eigenvalue weighted by molar-refractivity contribution is -0.132. The van der Waals surface area contributed by atoms with Gasteiger partial charge in [0.2, 0.25) is 0 Å². The van der Waals surface area contributed by atoms with Gasteiger partial charge in [0, 0.05) is 11.3 Å². The number of nitrogens with zero attached hydrogens (tertiary/aromatic N) is 1. The molecule has 1 unspecified atom stereocenters. The standard InChI is InChI=1S/C29H29NO5/c1-5-19-6-8-21(9-7-19)27(31)25-26(20-10-14-23(34-4)15-11-20)30(29(33)28(25)32)22-12-16-24(17-13-22)35-18(2)3/h6-18,26,31H,5H2,1-4H3/b27-25+. The van der Waals surface area contributed by atoms with Gasteiger partial charge in [-0.1, -0.05) is 43.3 Å². The Bertz CT molecular complexity index is 1240. The lowest BCUT2D eigenvalue weighted by Gasteiger charge is -2.26. The molecule has 1 aliphatic rings. The molecule has 0 bridgehead atoms. The van der Waals surface area contributed by atoms with Crippen LogP contribution < -0.4 is 14.4 Å². The fraction of sp³-hybridized carbons (Fsp3) is 0.241. The van der Waals surface area contributed by atoms with E-state index < -0.39 is 17.7 Å². The number of Topliss-reactive ketones (excluding diaryl/α,β-unsaturated/α-hetero) is 1. The number of aliphatic hydroxyl groups excluding tert-OH is 1. The van der Waals surface area contributed by atoms with Crippen molar-refractivity contribution in [3.63, 3.8) is 0 Å². The summed E-state index contributed by atoms with van der Waals surface area (Å²) in [5, 5.41) is 11.2. The second-order valence-electron chi connectivity index (χ2n) is 8.65. The highest BCUT2D eigenvalue weighted by Crippen LogP contribution is 2.42. The Morgan fingerprint density at radius 3 is 2.06 bits per heavy atom. The van der Waals surface area contributed by atoms with E-state index in [2.05, 4.69) is 0 Å². The minimum atomic E-state index is -0.802. The Morgan fingerprint density at radius 1 is 0.914 bits per heavy atom. The highest BCUT2D eigenvalue weighted by molar-refractivity contribution is 6.51. The first kappa shape index (κ1) is 24.1. The van der Waals surface area contributed by atoms with Crippen LogP contribution in [0.25, 0.3) is 5.76 Å². The number of methoxy groups -OCH3 is 1. The number of carbonyl (C=O) groups excluding carboxylic acids is 2. The number of ketones is 1. The molecule has 3 aromatic carbocycles. The van der Waals surface area contributed by atoms with Crippen molar-refractivity contribution in [2.45, 2.75) is 39.3 Å². The van der Waals surface area contributed by atoms with Gasteiger partial charge >= 0.3 is 0 Å². The first-order chi connectivity index (χ1) is 16.8. The van der Waals surface area contributed by atoms with Gasteiger partial charge in [-0.2, -0.15) is 0 Å². The number of hydrogen-bond donors (Lipinski definition) is 1. The van der Waals surface area contributed by atoms with E-state index in [1.807, 2.05) is 32.9 Å². The van der Waals surface area contributed by atoms with Gasteiger partial charge in [-0.3, -0.25) is 14.5 Å². The van der Waals surface area contributed by atoms with E-state index in [0.29, 0.717) is 28.3 Å². The predicted molar refractivity (Wildman–Crippen MR) is 136 cm³/mol. The molecular weight excluding hydrogens is 442 g/mol. The summed E-state index contributed by atoms with van der Waals surface area (Å²) in [5.74, 6) is -0.317. The SMILES string of the molecule is CCc1ccc(/C(O)=C2\C(=O)C(=O)N(c3ccc(OC(C)C)cc3)C2c2ccc(OC)cc2)cc1. The molecule has 35 heavy (non-hydrogen) atoms. The average molecular weight is 472 g/mol. The summed E-state index contributed by atoms with van der Waals surface area (Å²) in [6.45, 7) is 5.91. The van der Waals surface area contributed by atoms with Crippen molar-refractivity contribution < 1.29 is 24.2 Å². The maximum absolute atomic E-state index is 13.3. The fourth-order valence-corrected chi connectivity index (χ4v) is 4.21. The van der Waals surface area contributed by atoms with Gasteiger partial charge in [0.15, 0.2) is 0 Å². The Hall–Kier alpha value is -4.06. The molecule has 6 heteroatoms. The van der Waals surface area contributed by atoms with E-state index in [-0.39, 0.29) is 17.4 Å². The molecule has 0 aliphatic carbocycles. The summed E-state index contributed by atoms with van der Waals surface area (Å²) in [4.78, 5) is 28.0. The lowest BCUT2D eigenvalue weighted by Crippen LogP contribution is -2.29. The molecule has 1 saturated heterocycles. The van der Waals surface area contributed by atoms with Crippen LogP contribution in [0.15, 0.2) is 78.4 Å². The Balaban J connectivity index is 1.85. The largest absolute Gasteiger partial charge is 0.507 e. The van der Waals surface area contributed by atoms with Crippen LogP contribution in [0, 0.1) is 0 Å². The molecular formula is C29H29NO5. The molecule has 1 N–H and O–H groups in total. The van der Waals surface area contributed by atoms with Crippen molar-refractivity contribution in [1.29, 1.82) is 0 Å². The molecule has 1 aliphatic heterocycles. The zero-order valence-electron chi connectivity index (χ0n) is 20.3. The molecule has 1 amide bonds. The Morgan fingerprint density at radius 2 is 1.51 bits per heavy atom. The molecule has 0 radical (unpaired) electrons.